The van der Waals surface area contributed by atoms with Crippen LogP contribution in [-0.2, 0) is 0 Å². The van der Waals surface area contributed by atoms with E-state index in [1.54, 1.807) is 0 Å². The van der Waals surface area contributed by atoms with E-state index in [4.69, 9.17) is 0 Å². The van der Waals surface area contributed by atoms with E-state index in [0.29, 0.717) is 12.1 Å². The Labute approximate surface area is 126 Å². The van der Waals surface area contributed by atoms with Crippen molar-refractivity contribution in [3.8, 4) is 0 Å². The molecule has 2 heterocycles. The van der Waals surface area contributed by atoms with Crippen LogP contribution in [-0.4, -0.2) is 42.5 Å². The molecule has 2 aliphatic rings. The van der Waals surface area contributed by atoms with Gasteiger partial charge >= 0.3 is 0 Å². The monoisotopic (exact) mass is 287 g/mol. The molecule has 0 radical (unpaired) electrons. The number of aryl methyl sites for hydroxylation is 1. The van der Waals surface area contributed by atoms with Gasteiger partial charge in [0.25, 0.3) is 5.91 Å². The fourth-order valence-corrected chi connectivity index (χ4v) is 3.73. The highest BCUT2D eigenvalue weighted by atomic mass is 16.1. The SMILES string of the molecule is CCNc1ccc(C(=O)NC2CCN3CCCC23)c(C)c1. The summed E-state index contributed by atoms with van der Waals surface area (Å²) >= 11 is 0. The molecule has 21 heavy (non-hydrogen) atoms. The third-order valence-corrected chi connectivity index (χ3v) is 4.77. The Balaban J connectivity index is 1.68. The second-order valence-corrected chi connectivity index (χ2v) is 6.17. The van der Waals surface area contributed by atoms with Gasteiger partial charge in [-0.15, -0.1) is 0 Å². The zero-order chi connectivity index (χ0) is 14.8. The Morgan fingerprint density at radius 1 is 1.33 bits per heavy atom. The van der Waals surface area contributed by atoms with Crippen molar-refractivity contribution < 1.29 is 4.79 Å². The Morgan fingerprint density at radius 3 is 2.95 bits per heavy atom. The van der Waals surface area contributed by atoms with E-state index in [0.717, 1.165) is 36.3 Å². The quantitative estimate of drug-likeness (QED) is 0.894. The summed E-state index contributed by atoms with van der Waals surface area (Å²) in [7, 11) is 0. The maximum Gasteiger partial charge on any atom is 0.251 e. The number of amides is 1. The predicted octanol–water partition coefficient (Wildman–Crippen LogP) is 2.39. The van der Waals surface area contributed by atoms with Gasteiger partial charge in [0.05, 0.1) is 0 Å². The summed E-state index contributed by atoms with van der Waals surface area (Å²) in [5.41, 5.74) is 2.91. The van der Waals surface area contributed by atoms with Crippen molar-refractivity contribution in [3.05, 3.63) is 29.3 Å². The zero-order valence-electron chi connectivity index (χ0n) is 13.0. The molecule has 1 amide bonds. The number of carbonyl (C=O) groups is 1. The average molecular weight is 287 g/mol. The van der Waals surface area contributed by atoms with Gasteiger partial charge in [-0.25, -0.2) is 0 Å². The molecule has 2 N–H and O–H groups in total. The lowest BCUT2D eigenvalue weighted by Gasteiger charge is -2.21. The molecule has 4 heteroatoms. The maximum absolute atomic E-state index is 12.5. The van der Waals surface area contributed by atoms with Crippen LogP contribution < -0.4 is 10.6 Å². The highest BCUT2D eigenvalue weighted by molar-refractivity contribution is 5.96. The molecular weight excluding hydrogens is 262 g/mol. The van der Waals surface area contributed by atoms with Crippen molar-refractivity contribution >= 4 is 11.6 Å². The normalized spacial score (nSPS) is 24.9. The highest BCUT2D eigenvalue weighted by Gasteiger charge is 2.37. The number of hydrogen-bond donors (Lipinski definition) is 2. The van der Waals surface area contributed by atoms with Crippen LogP contribution in [0.25, 0.3) is 0 Å². The number of anilines is 1. The third-order valence-electron chi connectivity index (χ3n) is 4.77. The Bertz CT molecular complexity index is 529. The first-order valence-corrected chi connectivity index (χ1v) is 8.08. The number of hydrogen-bond acceptors (Lipinski definition) is 3. The summed E-state index contributed by atoms with van der Waals surface area (Å²) in [5, 5.41) is 6.54. The van der Waals surface area contributed by atoms with Crippen molar-refractivity contribution in [1.82, 2.24) is 10.2 Å². The molecule has 2 aliphatic heterocycles. The lowest BCUT2D eigenvalue weighted by atomic mass is 10.0. The minimum Gasteiger partial charge on any atom is -0.385 e. The predicted molar refractivity (Wildman–Crippen MR) is 85.8 cm³/mol. The van der Waals surface area contributed by atoms with Crippen LogP contribution in [0.1, 0.15) is 42.1 Å². The molecule has 2 atom stereocenters. The third kappa shape index (κ3) is 2.91. The molecule has 2 unspecified atom stereocenters. The van der Waals surface area contributed by atoms with Crippen LogP contribution in [0.5, 0.6) is 0 Å². The first-order valence-electron chi connectivity index (χ1n) is 8.08. The van der Waals surface area contributed by atoms with E-state index in [-0.39, 0.29) is 5.91 Å². The summed E-state index contributed by atoms with van der Waals surface area (Å²) < 4.78 is 0. The Morgan fingerprint density at radius 2 is 2.19 bits per heavy atom. The molecular formula is C17H25N3O. The highest BCUT2D eigenvalue weighted by Crippen LogP contribution is 2.28. The number of nitrogens with zero attached hydrogens (tertiary/aromatic N) is 1. The van der Waals surface area contributed by atoms with Crippen LogP contribution >= 0.6 is 0 Å². The van der Waals surface area contributed by atoms with Gasteiger partial charge < -0.3 is 10.6 Å². The molecule has 0 bridgehead atoms. The summed E-state index contributed by atoms with van der Waals surface area (Å²) in [6, 6.07) is 6.86. The zero-order valence-corrected chi connectivity index (χ0v) is 13.0. The van der Waals surface area contributed by atoms with E-state index >= 15 is 0 Å². The van der Waals surface area contributed by atoms with Crippen molar-refractivity contribution in [2.45, 2.75) is 45.2 Å². The van der Waals surface area contributed by atoms with Gasteiger partial charge in [-0.05, 0) is 63.4 Å². The largest absolute Gasteiger partial charge is 0.385 e. The standard InChI is InChI=1S/C17H25N3O/c1-3-18-13-6-7-14(12(2)11-13)17(21)19-15-8-10-20-9-4-5-16(15)20/h6-7,11,15-16,18H,3-5,8-10H2,1-2H3,(H,19,21). The van der Waals surface area contributed by atoms with Crippen molar-refractivity contribution in [3.63, 3.8) is 0 Å². The minimum atomic E-state index is 0.0781. The number of benzene rings is 1. The molecule has 0 saturated carbocycles. The van der Waals surface area contributed by atoms with Gasteiger partial charge in [0.15, 0.2) is 0 Å². The molecule has 0 aliphatic carbocycles. The minimum absolute atomic E-state index is 0.0781. The lowest BCUT2D eigenvalue weighted by Crippen LogP contribution is -2.42. The van der Waals surface area contributed by atoms with Crippen LogP contribution in [0.2, 0.25) is 0 Å². The van der Waals surface area contributed by atoms with Gasteiger partial charge in [0.1, 0.15) is 0 Å². The molecule has 2 saturated heterocycles. The van der Waals surface area contributed by atoms with Crippen LogP contribution in [0, 0.1) is 6.92 Å². The Kier molecular flexibility index (Phi) is 4.15. The van der Waals surface area contributed by atoms with Gasteiger partial charge in [-0.2, -0.15) is 0 Å². The first kappa shape index (κ1) is 14.4. The summed E-state index contributed by atoms with van der Waals surface area (Å²) in [6.45, 7) is 7.31. The summed E-state index contributed by atoms with van der Waals surface area (Å²) in [4.78, 5) is 15.0. The second-order valence-electron chi connectivity index (χ2n) is 6.17. The van der Waals surface area contributed by atoms with E-state index in [9.17, 15) is 4.79 Å². The fourth-order valence-electron chi connectivity index (χ4n) is 3.73. The van der Waals surface area contributed by atoms with Crippen LogP contribution in [0.4, 0.5) is 5.69 Å². The molecule has 4 nitrogen and oxygen atoms in total. The number of nitrogens with one attached hydrogen (secondary N) is 2. The first-order chi connectivity index (χ1) is 10.2. The van der Waals surface area contributed by atoms with E-state index in [1.807, 2.05) is 19.1 Å². The van der Waals surface area contributed by atoms with Gasteiger partial charge in [-0.3, -0.25) is 9.69 Å². The Hall–Kier alpha value is -1.55. The van der Waals surface area contributed by atoms with Gasteiger partial charge in [-0.1, -0.05) is 0 Å². The van der Waals surface area contributed by atoms with E-state index in [2.05, 4.69) is 28.5 Å². The number of fused-ring (bicyclic) bond motifs is 1. The van der Waals surface area contributed by atoms with E-state index < -0.39 is 0 Å². The molecule has 114 valence electrons. The average Bonchev–Trinajstić information content (AvgIpc) is 3.04. The topological polar surface area (TPSA) is 44.4 Å². The van der Waals surface area contributed by atoms with Crippen LogP contribution in [0.15, 0.2) is 18.2 Å². The van der Waals surface area contributed by atoms with Crippen LogP contribution in [0.3, 0.4) is 0 Å². The summed E-state index contributed by atoms with van der Waals surface area (Å²) in [5.74, 6) is 0.0781. The van der Waals surface area contributed by atoms with Crippen molar-refractivity contribution in [2.24, 2.45) is 0 Å². The molecule has 1 aromatic rings. The second kappa shape index (κ2) is 6.06. The van der Waals surface area contributed by atoms with Gasteiger partial charge in [0, 0.05) is 36.4 Å². The summed E-state index contributed by atoms with van der Waals surface area (Å²) in [6.07, 6.45) is 3.58. The smallest absolute Gasteiger partial charge is 0.251 e. The molecule has 2 fully saturated rings. The van der Waals surface area contributed by atoms with Gasteiger partial charge in [0.2, 0.25) is 0 Å². The molecule has 3 rings (SSSR count). The number of carbonyl (C=O) groups excluding carboxylic acids is 1. The fraction of sp³-hybridized carbons (Fsp3) is 0.588. The molecule has 0 aromatic heterocycles. The van der Waals surface area contributed by atoms with Crippen molar-refractivity contribution in [1.29, 1.82) is 0 Å². The molecule has 0 spiro atoms. The molecule has 1 aromatic carbocycles. The van der Waals surface area contributed by atoms with E-state index in [1.165, 1.54) is 19.4 Å². The number of rotatable bonds is 4. The maximum atomic E-state index is 12.5. The van der Waals surface area contributed by atoms with Crippen molar-refractivity contribution in [2.75, 3.05) is 25.0 Å². The lowest BCUT2D eigenvalue weighted by molar-refractivity contribution is 0.0929.